The van der Waals surface area contributed by atoms with Crippen LogP contribution in [0.5, 0.6) is 11.5 Å². The van der Waals surface area contributed by atoms with Gasteiger partial charge in [0.1, 0.15) is 0 Å². The molecule has 1 heterocycles. The molecule has 4 heteroatoms. The molecule has 1 N–H and O–H groups in total. The lowest BCUT2D eigenvalue weighted by Crippen LogP contribution is -2.51. The van der Waals surface area contributed by atoms with E-state index in [-0.39, 0.29) is 24.0 Å². The maximum atomic E-state index is 5.54. The van der Waals surface area contributed by atoms with Crippen LogP contribution in [-0.4, -0.2) is 19.8 Å². The maximum Gasteiger partial charge on any atom is 0.161 e. The molecule has 3 rings (SSSR count). The zero-order valence-electron chi connectivity index (χ0n) is 15.5. The number of hydrogen-bond acceptors (Lipinski definition) is 3. The van der Waals surface area contributed by atoms with Gasteiger partial charge in [-0.3, -0.25) is 0 Å². The van der Waals surface area contributed by atoms with E-state index in [1.165, 1.54) is 16.7 Å². The minimum Gasteiger partial charge on any atom is -0.493 e. The Morgan fingerprint density at radius 2 is 1.60 bits per heavy atom. The first-order valence-corrected chi connectivity index (χ1v) is 8.73. The molecule has 0 bridgehead atoms. The highest BCUT2D eigenvalue weighted by molar-refractivity contribution is 5.85. The number of benzene rings is 2. The van der Waals surface area contributed by atoms with Gasteiger partial charge >= 0.3 is 0 Å². The second kappa shape index (κ2) is 8.11. The van der Waals surface area contributed by atoms with Gasteiger partial charge < -0.3 is 14.8 Å². The van der Waals surface area contributed by atoms with Crippen LogP contribution in [0.2, 0.25) is 0 Å². The van der Waals surface area contributed by atoms with Gasteiger partial charge in [-0.15, -0.1) is 12.4 Å². The predicted molar refractivity (Wildman–Crippen MR) is 105 cm³/mol. The molecule has 0 fully saturated rings. The summed E-state index contributed by atoms with van der Waals surface area (Å²) in [6, 6.07) is 15.1. The number of rotatable bonds is 5. The minimum atomic E-state index is 0. The second-order valence-corrected chi connectivity index (χ2v) is 6.56. The molecule has 0 aliphatic carbocycles. The standard InChI is InChI=1S/C21H27NO2.ClH/c1-5-21(6-2)14-16-12-18(23-3)19(24-4)13-17(16)20(22-21)15-10-8-7-9-11-15;/h7-13,20,22H,5-6,14H2,1-4H3;1H. The topological polar surface area (TPSA) is 30.5 Å². The summed E-state index contributed by atoms with van der Waals surface area (Å²) in [6.07, 6.45) is 3.21. The van der Waals surface area contributed by atoms with Gasteiger partial charge in [-0.25, -0.2) is 0 Å². The average Bonchev–Trinajstić information content (AvgIpc) is 2.66. The maximum absolute atomic E-state index is 5.54. The van der Waals surface area contributed by atoms with E-state index in [1.54, 1.807) is 14.2 Å². The van der Waals surface area contributed by atoms with Gasteiger partial charge in [0.25, 0.3) is 0 Å². The van der Waals surface area contributed by atoms with Gasteiger partial charge in [-0.1, -0.05) is 44.2 Å². The number of methoxy groups -OCH3 is 2. The Kier molecular flexibility index (Phi) is 6.36. The van der Waals surface area contributed by atoms with Crippen molar-refractivity contribution in [2.24, 2.45) is 0 Å². The van der Waals surface area contributed by atoms with Gasteiger partial charge in [0.05, 0.1) is 20.3 Å². The molecule has 1 atom stereocenters. The van der Waals surface area contributed by atoms with E-state index in [0.717, 1.165) is 30.8 Å². The zero-order chi connectivity index (χ0) is 17.2. The Morgan fingerprint density at radius 3 is 2.16 bits per heavy atom. The molecule has 136 valence electrons. The third-order valence-corrected chi connectivity index (χ3v) is 5.42. The molecule has 0 radical (unpaired) electrons. The molecule has 1 aliphatic rings. The van der Waals surface area contributed by atoms with Crippen LogP contribution in [0.15, 0.2) is 42.5 Å². The SMILES string of the molecule is CCC1(CC)Cc2cc(OC)c(OC)cc2C(c2ccccc2)N1.Cl. The predicted octanol–water partition coefficient (Wildman–Crippen LogP) is 4.92. The van der Waals surface area contributed by atoms with Crippen molar-refractivity contribution in [2.45, 2.75) is 44.7 Å². The van der Waals surface area contributed by atoms with E-state index < -0.39 is 0 Å². The summed E-state index contributed by atoms with van der Waals surface area (Å²) in [6.45, 7) is 4.54. The smallest absolute Gasteiger partial charge is 0.161 e. The van der Waals surface area contributed by atoms with Gasteiger partial charge in [-0.05, 0) is 48.1 Å². The first-order chi connectivity index (χ1) is 11.7. The van der Waals surface area contributed by atoms with Crippen molar-refractivity contribution < 1.29 is 9.47 Å². The van der Waals surface area contributed by atoms with E-state index in [9.17, 15) is 0 Å². The summed E-state index contributed by atoms with van der Waals surface area (Å²) in [5, 5.41) is 3.93. The minimum absolute atomic E-state index is 0. The van der Waals surface area contributed by atoms with Crippen LogP contribution in [0.4, 0.5) is 0 Å². The van der Waals surface area contributed by atoms with Crippen molar-refractivity contribution >= 4 is 12.4 Å². The molecule has 1 aliphatic heterocycles. The second-order valence-electron chi connectivity index (χ2n) is 6.56. The van der Waals surface area contributed by atoms with E-state index in [1.807, 2.05) is 0 Å². The van der Waals surface area contributed by atoms with Crippen LogP contribution in [-0.2, 0) is 6.42 Å². The van der Waals surface area contributed by atoms with E-state index >= 15 is 0 Å². The van der Waals surface area contributed by atoms with Crippen molar-refractivity contribution in [1.82, 2.24) is 5.32 Å². The molecule has 0 saturated heterocycles. The van der Waals surface area contributed by atoms with Crippen molar-refractivity contribution in [3.63, 3.8) is 0 Å². The molecular weight excluding hydrogens is 334 g/mol. The Hall–Kier alpha value is -1.71. The van der Waals surface area contributed by atoms with Crippen LogP contribution in [0.3, 0.4) is 0 Å². The van der Waals surface area contributed by atoms with E-state index in [2.05, 4.69) is 61.6 Å². The molecule has 1 unspecified atom stereocenters. The van der Waals surface area contributed by atoms with Gasteiger partial charge in [0, 0.05) is 5.54 Å². The lowest BCUT2D eigenvalue weighted by molar-refractivity contribution is 0.257. The third-order valence-electron chi connectivity index (χ3n) is 5.42. The molecule has 25 heavy (non-hydrogen) atoms. The molecule has 2 aromatic rings. The monoisotopic (exact) mass is 361 g/mol. The Bertz CT molecular complexity index is 699. The lowest BCUT2D eigenvalue weighted by atomic mass is 9.76. The molecule has 0 aromatic heterocycles. The Labute approximate surface area is 157 Å². The number of halogens is 1. The molecule has 0 spiro atoms. The number of fused-ring (bicyclic) bond motifs is 1. The van der Waals surface area contributed by atoms with Crippen molar-refractivity contribution in [2.75, 3.05) is 14.2 Å². The van der Waals surface area contributed by atoms with Gasteiger partial charge in [0.2, 0.25) is 0 Å². The number of ether oxygens (including phenoxy) is 2. The average molecular weight is 362 g/mol. The molecular formula is C21H28ClNO2. The van der Waals surface area contributed by atoms with E-state index in [0.29, 0.717) is 0 Å². The highest BCUT2D eigenvalue weighted by atomic mass is 35.5. The van der Waals surface area contributed by atoms with Crippen molar-refractivity contribution in [3.8, 4) is 11.5 Å². The largest absolute Gasteiger partial charge is 0.493 e. The van der Waals surface area contributed by atoms with Crippen LogP contribution in [0, 0.1) is 0 Å². The van der Waals surface area contributed by atoms with Gasteiger partial charge in [0.15, 0.2) is 11.5 Å². The first-order valence-electron chi connectivity index (χ1n) is 8.73. The van der Waals surface area contributed by atoms with Crippen molar-refractivity contribution in [1.29, 1.82) is 0 Å². The van der Waals surface area contributed by atoms with Crippen LogP contribution in [0.1, 0.15) is 49.4 Å². The third kappa shape index (κ3) is 3.63. The highest BCUT2D eigenvalue weighted by Crippen LogP contribution is 2.42. The lowest BCUT2D eigenvalue weighted by Gasteiger charge is -2.43. The first kappa shape index (κ1) is 19.6. The quantitative estimate of drug-likeness (QED) is 0.819. The van der Waals surface area contributed by atoms with Crippen molar-refractivity contribution in [3.05, 3.63) is 59.2 Å². The van der Waals surface area contributed by atoms with Crippen LogP contribution in [0.25, 0.3) is 0 Å². The highest BCUT2D eigenvalue weighted by Gasteiger charge is 2.37. The zero-order valence-corrected chi connectivity index (χ0v) is 16.3. The summed E-state index contributed by atoms with van der Waals surface area (Å²) in [4.78, 5) is 0. The summed E-state index contributed by atoms with van der Waals surface area (Å²) in [5.41, 5.74) is 4.05. The summed E-state index contributed by atoms with van der Waals surface area (Å²) >= 11 is 0. The Balaban J connectivity index is 0.00000225. The fraction of sp³-hybridized carbons (Fsp3) is 0.429. The van der Waals surface area contributed by atoms with Gasteiger partial charge in [-0.2, -0.15) is 0 Å². The number of hydrogen-bond donors (Lipinski definition) is 1. The molecule has 2 aromatic carbocycles. The number of nitrogens with one attached hydrogen (secondary N) is 1. The fourth-order valence-electron chi connectivity index (χ4n) is 3.77. The normalized spacial score (nSPS) is 18.0. The van der Waals surface area contributed by atoms with Crippen LogP contribution < -0.4 is 14.8 Å². The molecule has 0 amide bonds. The summed E-state index contributed by atoms with van der Waals surface area (Å²) in [7, 11) is 3.40. The van der Waals surface area contributed by atoms with Crippen LogP contribution >= 0.6 is 12.4 Å². The fourth-order valence-corrected chi connectivity index (χ4v) is 3.77. The summed E-state index contributed by atoms with van der Waals surface area (Å²) in [5.74, 6) is 1.60. The Morgan fingerprint density at radius 1 is 1.00 bits per heavy atom. The molecule has 0 saturated carbocycles. The van der Waals surface area contributed by atoms with E-state index in [4.69, 9.17) is 9.47 Å². The summed E-state index contributed by atoms with van der Waals surface area (Å²) < 4.78 is 11.1. The molecule has 3 nitrogen and oxygen atoms in total.